The molecule has 0 radical (unpaired) electrons. The topological polar surface area (TPSA) is 143 Å². The van der Waals surface area contributed by atoms with Gasteiger partial charge in [0.15, 0.2) is 5.82 Å². The highest BCUT2D eigenvalue weighted by Crippen LogP contribution is 2.30. The number of nitrogens with one attached hydrogen (secondary N) is 2. The zero-order chi connectivity index (χ0) is 35.1. The molecule has 3 N–H and O–H groups in total. The number of hydrogen-bond donors (Lipinski definition) is 3. The first-order valence-electron chi connectivity index (χ1n) is 15.6. The Labute approximate surface area is 287 Å². The largest absolute Gasteiger partial charge is 0.480 e. The van der Waals surface area contributed by atoms with Crippen LogP contribution < -0.4 is 15.4 Å². The van der Waals surface area contributed by atoms with E-state index in [-0.39, 0.29) is 29.9 Å². The lowest BCUT2D eigenvalue weighted by atomic mass is 9.95. The molecule has 0 bridgehead atoms. The molecule has 0 spiro atoms. The molecular formula is C37H36FN5O5S. The lowest BCUT2D eigenvalue weighted by Crippen LogP contribution is -2.51. The molecule has 3 aromatic heterocycles. The number of amides is 2. The van der Waals surface area contributed by atoms with Gasteiger partial charge in [-0.1, -0.05) is 75.4 Å². The molecule has 0 aliphatic carbocycles. The fraction of sp³-hybridized carbons (Fsp3) is 0.243. The van der Waals surface area contributed by atoms with E-state index in [1.165, 1.54) is 36.7 Å². The lowest BCUT2D eigenvalue weighted by Gasteiger charge is -2.20. The van der Waals surface area contributed by atoms with Crippen LogP contribution in [0.15, 0.2) is 91.4 Å². The Morgan fingerprint density at radius 3 is 2.20 bits per heavy atom. The Bertz CT molecular complexity index is 1930. The van der Waals surface area contributed by atoms with E-state index in [1.807, 2.05) is 57.2 Å². The molecule has 252 valence electrons. The van der Waals surface area contributed by atoms with Crippen molar-refractivity contribution in [2.75, 3.05) is 0 Å². The third kappa shape index (κ3) is 9.11. The molecule has 0 unspecified atom stereocenters. The van der Waals surface area contributed by atoms with Gasteiger partial charge < -0.3 is 20.5 Å². The maximum Gasteiger partial charge on any atom is 0.325 e. The second kappa shape index (κ2) is 15.2. The fourth-order valence-electron chi connectivity index (χ4n) is 4.77. The van der Waals surface area contributed by atoms with Crippen molar-refractivity contribution in [3.63, 3.8) is 0 Å². The molecule has 0 aliphatic heterocycles. The number of nitrogens with zero attached hydrogens (tertiary/aromatic N) is 3. The maximum atomic E-state index is 14.7. The zero-order valence-electron chi connectivity index (χ0n) is 27.4. The molecule has 2 aromatic carbocycles. The number of aliphatic carboxylic acids is 1. The van der Waals surface area contributed by atoms with Crippen LogP contribution in [0.1, 0.15) is 53.4 Å². The van der Waals surface area contributed by atoms with Gasteiger partial charge >= 0.3 is 5.97 Å². The quantitative estimate of drug-likeness (QED) is 0.141. The van der Waals surface area contributed by atoms with Gasteiger partial charge in [-0.25, -0.2) is 19.3 Å². The molecule has 10 nitrogen and oxygen atoms in total. The lowest BCUT2D eigenvalue weighted by molar-refractivity contribution is -0.141. The van der Waals surface area contributed by atoms with E-state index < -0.39 is 35.7 Å². The summed E-state index contributed by atoms with van der Waals surface area (Å²) in [5, 5.41) is 14.5. The van der Waals surface area contributed by atoms with Gasteiger partial charge in [0, 0.05) is 46.4 Å². The minimum Gasteiger partial charge on any atom is -0.480 e. The molecule has 5 rings (SSSR count). The normalized spacial score (nSPS) is 12.5. The number of carboxylic acids is 1. The van der Waals surface area contributed by atoms with Crippen LogP contribution in [0, 0.1) is 5.82 Å². The van der Waals surface area contributed by atoms with E-state index in [0.29, 0.717) is 27.4 Å². The van der Waals surface area contributed by atoms with E-state index in [9.17, 15) is 23.9 Å². The van der Waals surface area contributed by atoms with Gasteiger partial charge in [0.2, 0.25) is 11.8 Å². The number of hydrogen-bond acceptors (Lipinski definition) is 8. The number of aromatic nitrogens is 3. The van der Waals surface area contributed by atoms with Gasteiger partial charge in [0.1, 0.15) is 24.5 Å². The highest BCUT2D eigenvalue weighted by Gasteiger charge is 2.26. The van der Waals surface area contributed by atoms with Crippen molar-refractivity contribution in [3.05, 3.63) is 118 Å². The second-order valence-electron chi connectivity index (χ2n) is 12.5. The number of thiophene rings is 1. The average molecular weight is 682 g/mol. The molecule has 0 saturated carbocycles. The molecule has 2 amide bonds. The number of carboxylic acid groups (broad SMARTS) is 1. The monoisotopic (exact) mass is 681 g/mol. The van der Waals surface area contributed by atoms with Crippen molar-refractivity contribution >= 4 is 29.1 Å². The second-order valence-corrected chi connectivity index (χ2v) is 13.6. The number of rotatable bonds is 12. The van der Waals surface area contributed by atoms with Crippen LogP contribution in [0.3, 0.4) is 0 Å². The summed E-state index contributed by atoms with van der Waals surface area (Å²) >= 11 is 1.35. The minimum atomic E-state index is -1.19. The summed E-state index contributed by atoms with van der Waals surface area (Å²) in [6.07, 6.45) is 4.25. The van der Waals surface area contributed by atoms with Crippen molar-refractivity contribution in [3.8, 4) is 28.4 Å². The van der Waals surface area contributed by atoms with Crippen molar-refractivity contribution in [2.24, 2.45) is 0 Å². The highest BCUT2D eigenvalue weighted by molar-refractivity contribution is 7.14. The molecule has 0 fully saturated rings. The summed E-state index contributed by atoms with van der Waals surface area (Å²) in [6.45, 7) is 7.79. The van der Waals surface area contributed by atoms with E-state index >= 15 is 0 Å². The van der Waals surface area contributed by atoms with Crippen LogP contribution in [0.5, 0.6) is 5.88 Å². The van der Waals surface area contributed by atoms with Gasteiger partial charge in [-0.15, -0.1) is 11.3 Å². The number of halogens is 1. The van der Waals surface area contributed by atoms with E-state index in [4.69, 9.17) is 4.74 Å². The molecule has 5 aromatic rings. The Kier molecular flexibility index (Phi) is 10.8. The van der Waals surface area contributed by atoms with Crippen molar-refractivity contribution in [1.29, 1.82) is 0 Å². The number of carbonyl (C=O) groups excluding carboxylic acids is 2. The van der Waals surface area contributed by atoms with Gasteiger partial charge in [-0.2, -0.15) is 0 Å². The maximum absolute atomic E-state index is 14.7. The Morgan fingerprint density at radius 2 is 1.57 bits per heavy atom. The van der Waals surface area contributed by atoms with Crippen LogP contribution in [-0.2, 0) is 28.0 Å². The summed E-state index contributed by atoms with van der Waals surface area (Å²) in [4.78, 5) is 52.1. The molecule has 49 heavy (non-hydrogen) atoms. The highest BCUT2D eigenvalue weighted by atomic mass is 32.1. The van der Waals surface area contributed by atoms with Crippen LogP contribution in [0.25, 0.3) is 22.5 Å². The average Bonchev–Trinajstić information content (AvgIpc) is 3.60. The van der Waals surface area contributed by atoms with Crippen LogP contribution in [-0.4, -0.2) is 49.9 Å². The van der Waals surface area contributed by atoms with Crippen LogP contribution in [0.4, 0.5) is 4.39 Å². The summed E-state index contributed by atoms with van der Waals surface area (Å²) in [5.41, 5.74) is 2.91. The minimum absolute atomic E-state index is 0.109. The van der Waals surface area contributed by atoms with Gasteiger partial charge in [0.25, 0.3) is 5.91 Å². The van der Waals surface area contributed by atoms with Crippen molar-refractivity contribution < 1.29 is 28.6 Å². The molecule has 0 aliphatic rings. The zero-order valence-corrected chi connectivity index (χ0v) is 28.3. The fourth-order valence-corrected chi connectivity index (χ4v) is 5.74. The number of ether oxygens (including phenoxy) is 1. The van der Waals surface area contributed by atoms with Gasteiger partial charge in [0.05, 0.1) is 11.1 Å². The van der Waals surface area contributed by atoms with Crippen molar-refractivity contribution in [2.45, 2.75) is 58.2 Å². The third-order valence-corrected chi connectivity index (χ3v) is 9.10. The Morgan fingerprint density at radius 1 is 0.878 bits per heavy atom. The SMILES string of the molecule is C[C@@H](NC(=O)[C@H](Cc1ccc(-c2ncc(-c3cc(OCc4ccccc4)ncc3F)cn2)cc1)NC(=O)c1ccc(C(C)(C)C)s1)C(=O)O. The molecular weight excluding hydrogens is 646 g/mol. The molecule has 3 heterocycles. The first-order valence-corrected chi connectivity index (χ1v) is 16.4. The van der Waals surface area contributed by atoms with E-state index in [0.717, 1.165) is 16.6 Å². The van der Waals surface area contributed by atoms with Crippen molar-refractivity contribution in [1.82, 2.24) is 25.6 Å². The van der Waals surface area contributed by atoms with Crippen LogP contribution in [0.2, 0.25) is 0 Å². The summed E-state index contributed by atoms with van der Waals surface area (Å²) in [7, 11) is 0. The Hall–Kier alpha value is -5.49. The van der Waals surface area contributed by atoms with Crippen LogP contribution >= 0.6 is 11.3 Å². The molecule has 2 atom stereocenters. The number of benzene rings is 2. The molecule has 12 heteroatoms. The first-order chi connectivity index (χ1) is 23.4. The van der Waals surface area contributed by atoms with Gasteiger partial charge in [-0.3, -0.25) is 14.4 Å². The predicted molar refractivity (Wildman–Crippen MR) is 185 cm³/mol. The number of pyridine rings is 1. The standard InChI is InChI=1S/C37H36FN5O5S/c1-22(36(46)47)42-34(44)29(43-35(45)30-14-15-31(49-30)37(2,3)4)16-23-10-12-25(13-11-23)33-40-18-26(19-41-33)27-17-32(39-20-28(27)38)48-21-24-8-6-5-7-9-24/h5-15,17-20,22,29H,16,21H2,1-4H3,(H,42,44)(H,43,45)(H,46,47)/t22-,29+/m1/s1. The summed E-state index contributed by atoms with van der Waals surface area (Å²) < 4.78 is 20.5. The molecule has 0 saturated heterocycles. The number of carbonyl (C=O) groups is 3. The smallest absolute Gasteiger partial charge is 0.325 e. The first kappa shape index (κ1) is 34.8. The van der Waals surface area contributed by atoms with Gasteiger partial charge in [-0.05, 0) is 35.6 Å². The van der Waals surface area contributed by atoms with E-state index in [1.54, 1.807) is 30.3 Å². The predicted octanol–water partition coefficient (Wildman–Crippen LogP) is 6.21. The summed E-state index contributed by atoms with van der Waals surface area (Å²) in [6, 6.07) is 19.6. The summed E-state index contributed by atoms with van der Waals surface area (Å²) in [5.74, 6) is -2.10. The Balaban J connectivity index is 1.28. The third-order valence-electron chi connectivity index (χ3n) is 7.59. The van der Waals surface area contributed by atoms with E-state index in [2.05, 4.69) is 25.6 Å².